The third kappa shape index (κ3) is 5.38. The van der Waals surface area contributed by atoms with Gasteiger partial charge in [0.1, 0.15) is 0 Å². The quantitative estimate of drug-likeness (QED) is 0.846. The van der Waals surface area contributed by atoms with Gasteiger partial charge < -0.3 is 5.32 Å². The van der Waals surface area contributed by atoms with E-state index in [1.165, 1.54) is 18.2 Å². The van der Waals surface area contributed by atoms with E-state index in [4.69, 9.17) is 11.6 Å². The Balaban J connectivity index is 2.85. The van der Waals surface area contributed by atoms with Crippen LogP contribution >= 0.6 is 11.6 Å². The monoisotopic (exact) mass is 318 g/mol. The van der Waals surface area contributed by atoms with E-state index < -0.39 is 10.0 Å². The molecule has 1 amide bonds. The molecule has 1 unspecified atom stereocenters. The fraction of sp³-hybridized carbons (Fsp3) is 0.462. The Morgan fingerprint density at radius 3 is 2.55 bits per heavy atom. The van der Waals surface area contributed by atoms with Gasteiger partial charge in [-0.3, -0.25) is 9.52 Å². The average molecular weight is 319 g/mol. The minimum absolute atomic E-state index is 0.0670. The molecule has 5 nitrogen and oxygen atoms in total. The number of rotatable bonds is 6. The van der Waals surface area contributed by atoms with Crippen LogP contribution in [0.4, 0.5) is 5.69 Å². The van der Waals surface area contributed by atoms with Gasteiger partial charge in [-0.05, 0) is 31.5 Å². The van der Waals surface area contributed by atoms with Crippen molar-refractivity contribution in [3.63, 3.8) is 0 Å². The molecule has 1 rings (SSSR count). The van der Waals surface area contributed by atoms with Crippen LogP contribution in [0.5, 0.6) is 0 Å². The molecule has 0 aliphatic heterocycles. The first kappa shape index (κ1) is 16.8. The van der Waals surface area contributed by atoms with Crippen molar-refractivity contribution >= 4 is 33.2 Å². The molecular weight excluding hydrogens is 300 g/mol. The molecule has 0 bridgehead atoms. The molecule has 0 saturated carbocycles. The normalized spacial score (nSPS) is 12.8. The lowest BCUT2D eigenvalue weighted by Gasteiger charge is -2.14. The molecule has 20 heavy (non-hydrogen) atoms. The Bertz CT molecular complexity index is 587. The Labute approximate surface area is 124 Å². The maximum Gasteiger partial charge on any atom is 0.253 e. The number of sulfonamides is 1. The first-order chi connectivity index (χ1) is 9.23. The second-order valence-corrected chi connectivity index (χ2v) is 6.89. The largest absolute Gasteiger partial charge is 0.350 e. The minimum Gasteiger partial charge on any atom is -0.350 e. The van der Waals surface area contributed by atoms with Crippen LogP contribution in [0.2, 0.25) is 5.02 Å². The molecular formula is C13H19ClN2O3S. The molecule has 0 heterocycles. The van der Waals surface area contributed by atoms with Crippen LogP contribution in [-0.4, -0.2) is 26.6 Å². The van der Waals surface area contributed by atoms with E-state index in [1.54, 1.807) is 0 Å². The maximum absolute atomic E-state index is 12.0. The van der Waals surface area contributed by atoms with Gasteiger partial charge in [0.15, 0.2) is 0 Å². The van der Waals surface area contributed by atoms with Crippen LogP contribution in [0.1, 0.15) is 37.0 Å². The predicted molar refractivity (Wildman–Crippen MR) is 81.8 cm³/mol. The van der Waals surface area contributed by atoms with Crippen molar-refractivity contribution in [3.05, 3.63) is 28.8 Å². The smallest absolute Gasteiger partial charge is 0.253 e. The fourth-order valence-electron chi connectivity index (χ4n) is 1.78. The second-order valence-electron chi connectivity index (χ2n) is 4.73. The summed E-state index contributed by atoms with van der Waals surface area (Å²) in [5.74, 6) is -0.262. The van der Waals surface area contributed by atoms with E-state index in [-0.39, 0.29) is 17.0 Å². The highest BCUT2D eigenvalue weighted by molar-refractivity contribution is 7.92. The van der Waals surface area contributed by atoms with Crippen LogP contribution in [0.3, 0.4) is 0 Å². The van der Waals surface area contributed by atoms with Crippen molar-refractivity contribution in [2.45, 2.75) is 32.7 Å². The third-order valence-electron chi connectivity index (χ3n) is 2.62. The highest BCUT2D eigenvalue weighted by Crippen LogP contribution is 2.21. The highest BCUT2D eigenvalue weighted by Gasteiger charge is 2.14. The number of hydrogen-bond acceptors (Lipinski definition) is 3. The molecule has 1 aromatic carbocycles. The zero-order valence-corrected chi connectivity index (χ0v) is 13.3. The van der Waals surface area contributed by atoms with Crippen LogP contribution in [0.25, 0.3) is 0 Å². The lowest BCUT2D eigenvalue weighted by molar-refractivity contribution is 0.0938. The predicted octanol–water partition coefficient (Wildman–Crippen LogP) is 2.63. The summed E-state index contributed by atoms with van der Waals surface area (Å²) in [6, 6.07) is 4.50. The molecule has 0 fully saturated rings. The maximum atomic E-state index is 12.0. The summed E-state index contributed by atoms with van der Waals surface area (Å²) < 4.78 is 24.5. The van der Waals surface area contributed by atoms with Gasteiger partial charge >= 0.3 is 0 Å². The zero-order valence-electron chi connectivity index (χ0n) is 11.7. The Morgan fingerprint density at radius 1 is 1.40 bits per heavy atom. The fourth-order valence-corrected chi connectivity index (χ4v) is 2.61. The summed E-state index contributed by atoms with van der Waals surface area (Å²) >= 11 is 6.02. The molecule has 112 valence electrons. The van der Waals surface area contributed by atoms with Crippen molar-refractivity contribution < 1.29 is 13.2 Å². The van der Waals surface area contributed by atoms with E-state index in [2.05, 4.69) is 10.0 Å². The van der Waals surface area contributed by atoms with Gasteiger partial charge in [-0.2, -0.15) is 0 Å². The zero-order chi connectivity index (χ0) is 15.3. The molecule has 0 saturated heterocycles. The molecule has 0 aromatic heterocycles. The number of carbonyl (C=O) groups is 1. The molecule has 0 aliphatic rings. The van der Waals surface area contributed by atoms with Gasteiger partial charge in [-0.25, -0.2) is 8.42 Å². The number of benzene rings is 1. The molecule has 0 radical (unpaired) electrons. The average Bonchev–Trinajstić information content (AvgIpc) is 2.26. The van der Waals surface area contributed by atoms with E-state index in [9.17, 15) is 13.2 Å². The van der Waals surface area contributed by atoms with Crippen molar-refractivity contribution in [2.24, 2.45) is 0 Å². The molecule has 7 heteroatoms. The lowest BCUT2D eigenvalue weighted by atomic mass is 10.1. The third-order valence-corrected chi connectivity index (χ3v) is 3.54. The highest BCUT2D eigenvalue weighted by atomic mass is 35.5. The molecule has 0 spiro atoms. The van der Waals surface area contributed by atoms with Crippen molar-refractivity contribution in [1.29, 1.82) is 0 Å². The summed E-state index contributed by atoms with van der Waals surface area (Å²) in [5.41, 5.74) is 0.657. The Hall–Kier alpha value is -1.27. The summed E-state index contributed by atoms with van der Waals surface area (Å²) in [5, 5.41) is 3.05. The summed E-state index contributed by atoms with van der Waals surface area (Å²) in [6.45, 7) is 3.97. The minimum atomic E-state index is -3.36. The SMILES string of the molecule is CCCC(C)NC(=O)c1ccc(NS(C)(=O)=O)cc1Cl. The van der Waals surface area contributed by atoms with Crippen molar-refractivity contribution in [1.82, 2.24) is 5.32 Å². The van der Waals surface area contributed by atoms with Crippen LogP contribution in [0.15, 0.2) is 18.2 Å². The van der Waals surface area contributed by atoms with E-state index in [0.29, 0.717) is 11.3 Å². The molecule has 0 aliphatic carbocycles. The van der Waals surface area contributed by atoms with E-state index >= 15 is 0 Å². The molecule has 2 N–H and O–H groups in total. The van der Waals surface area contributed by atoms with Crippen molar-refractivity contribution in [3.8, 4) is 0 Å². The first-order valence-corrected chi connectivity index (χ1v) is 8.58. The number of anilines is 1. The van der Waals surface area contributed by atoms with Gasteiger partial charge in [-0.15, -0.1) is 0 Å². The number of carbonyl (C=O) groups excluding carboxylic acids is 1. The summed E-state index contributed by atoms with van der Waals surface area (Å²) in [6.07, 6.45) is 2.91. The Kier molecular flexibility index (Phi) is 5.83. The summed E-state index contributed by atoms with van der Waals surface area (Å²) in [7, 11) is -3.36. The van der Waals surface area contributed by atoms with E-state index in [1.807, 2.05) is 13.8 Å². The van der Waals surface area contributed by atoms with E-state index in [0.717, 1.165) is 19.1 Å². The number of amides is 1. The van der Waals surface area contributed by atoms with Crippen molar-refractivity contribution in [2.75, 3.05) is 11.0 Å². The lowest BCUT2D eigenvalue weighted by Crippen LogP contribution is -2.32. The summed E-state index contributed by atoms with van der Waals surface area (Å²) in [4.78, 5) is 12.0. The topological polar surface area (TPSA) is 75.3 Å². The van der Waals surface area contributed by atoms with Gasteiger partial charge in [-0.1, -0.05) is 24.9 Å². The first-order valence-electron chi connectivity index (χ1n) is 6.31. The second kappa shape index (κ2) is 6.95. The molecule has 1 atom stereocenters. The van der Waals surface area contributed by atoms with Crippen LogP contribution < -0.4 is 10.0 Å². The van der Waals surface area contributed by atoms with Gasteiger partial charge in [0.05, 0.1) is 16.8 Å². The Morgan fingerprint density at radius 2 is 2.05 bits per heavy atom. The van der Waals surface area contributed by atoms with Gasteiger partial charge in [0.2, 0.25) is 10.0 Å². The van der Waals surface area contributed by atoms with Crippen LogP contribution in [-0.2, 0) is 10.0 Å². The number of hydrogen-bond donors (Lipinski definition) is 2. The van der Waals surface area contributed by atoms with Gasteiger partial charge in [0.25, 0.3) is 5.91 Å². The molecule has 1 aromatic rings. The standard InChI is InChI=1S/C13H19ClN2O3S/c1-4-5-9(2)15-13(17)11-7-6-10(8-12(11)14)16-20(3,18)19/h6-9,16H,4-5H2,1-3H3,(H,15,17). The van der Waals surface area contributed by atoms with Gasteiger partial charge in [0, 0.05) is 11.7 Å². The van der Waals surface area contributed by atoms with Crippen LogP contribution in [0, 0.1) is 0 Å². The number of nitrogens with one attached hydrogen (secondary N) is 2. The number of halogens is 1.